The average Bonchev–Trinajstić information content (AvgIpc) is 3.05. The van der Waals surface area contributed by atoms with Crippen LogP contribution in [0.4, 0.5) is 0 Å². The Morgan fingerprint density at radius 3 is 2.62 bits per heavy atom. The van der Waals surface area contributed by atoms with Crippen LogP contribution in [0, 0.1) is 12.8 Å². The minimum Gasteiger partial charge on any atom is -0.323 e. The first-order chi connectivity index (χ1) is 7.70. The predicted molar refractivity (Wildman–Crippen MR) is 68.3 cm³/mol. The molecular formula is C14H22N2. The highest BCUT2D eigenvalue weighted by Gasteiger charge is 2.34. The van der Waals surface area contributed by atoms with Gasteiger partial charge in [0.1, 0.15) is 0 Å². The second kappa shape index (κ2) is 4.98. The molecule has 1 aromatic rings. The third-order valence-electron chi connectivity index (χ3n) is 3.55. The summed E-state index contributed by atoms with van der Waals surface area (Å²) in [5.41, 5.74) is 8.66. The Hall–Kier alpha value is -0.860. The number of nitrogens with two attached hydrogens (primary N) is 1. The molecule has 0 saturated heterocycles. The number of aryl methyl sites for hydroxylation is 1. The molecule has 0 bridgehead atoms. The summed E-state index contributed by atoms with van der Waals surface area (Å²) in [6.45, 7) is 5.25. The molecule has 3 unspecified atom stereocenters. The van der Waals surface area contributed by atoms with Crippen LogP contribution in [0.25, 0.3) is 0 Å². The van der Waals surface area contributed by atoms with Crippen molar-refractivity contribution in [3.8, 4) is 0 Å². The van der Waals surface area contributed by atoms with Crippen molar-refractivity contribution in [2.24, 2.45) is 11.7 Å². The van der Waals surface area contributed by atoms with E-state index in [-0.39, 0.29) is 6.04 Å². The maximum Gasteiger partial charge on any atom is 0.0421 e. The normalized spacial score (nSPS) is 25.4. The van der Waals surface area contributed by atoms with Crippen molar-refractivity contribution >= 4 is 0 Å². The molecule has 3 N–H and O–H groups in total. The molecule has 0 aromatic heterocycles. The van der Waals surface area contributed by atoms with Gasteiger partial charge in [-0.15, -0.1) is 0 Å². The third kappa shape index (κ3) is 2.83. The fourth-order valence-electron chi connectivity index (χ4n) is 2.16. The van der Waals surface area contributed by atoms with E-state index in [2.05, 4.69) is 43.4 Å². The van der Waals surface area contributed by atoms with Crippen LogP contribution in [-0.4, -0.2) is 12.6 Å². The largest absolute Gasteiger partial charge is 0.323 e. The van der Waals surface area contributed by atoms with E-state index in [1.54, 1.807) is 0 Å². The zero-order chi connectivity index (χ0) is 11.5. The first kappa shape index (κ1) is 11.6. The van der Waals surface area contributed by atoms with Gasteiger partial charge in [0.2, 0.25) is 0 Å². The van der Waals surface area contributed by atoms with Gasteiger partial charge in [-0.3, -0.25) is 0 Å². The summed E-state index contributed by atoms with van der Waals surface area (Å²) in [7, 11) is 0. The van der Waals surface area contributed by atoms with Gasteiger partial charge < -0.3 is 11.1 Å². The topological polar surface area (TPSA) is 38.0 Å². The predicted octanol–water partition coefficient (Wildman–Crippen LogP) is 2.38. The minimum atomic E-state index is 0.124. The van der Waals surface area contributed by atoms with Crippen LogP contribution in [-0.2, 0) is 0 Å². The average molecular weight is 218 g/mol. The van der Waals surface area contributed by atoms with Crippen LogP contribution in [0.1, 0.15) is 36.9 Å². The summed E-state index contributed by atoms with van der Waals surface area (Å²) in [5.74, 6) is 0.894. The summed E-state index contributed by atoms with van der Waals surface area (Å²) in [5, 5.41) is 3.55. The van der Waals surface area contributed by atoms with Gasteiger partial charge in [0.25, 0.3) is 0 Å². The van der Waals surface area contributed by atoms with Gasteiger partial charge in [-0.2, -0.15) is 0 Å². The summed E-state index contributed by atoms with van der Waals surface area (Å²) < 4.78 is 0. The Morgan fingerprint density at radius 2 is 2.06 bits per heavy atom. The molecule has 16 heavy (non-hydrogen) atoms. The van der Waals surface area contributed by atoms with Crippen molar-refractivity contribution < 1.29 is 0 Å². The Kier molecular flexibility index (Phi) is 3.62. The molecular weight excluding hydrogens is 196 g/mol. The second-order valence-corrected chi connectivity index (χ2v) is 4.94. The van der Waals surface area contributed by atoms with Crippen LogP contribution >= 0.6 is 0 Å². The molecule has 1 fully saturated rings. The highest BCUT2D eigenvalue weighted by atomic mass is 15.0. The van der Waals surface area contributed by atoms with E-state index in [1.807, 2.05) is 0 Å². The Morgan fingerprint density at radius 1 is 1.38 bits per heavy atom. The van der Waals surface area contributed by atoms with E-state index in [0.29, 0.717) is 0 Å². The highest BCUT2D eigenvalue weighted by molar-refractivity contribution is 5.24. The molecule has 0 heterocycles. The van der Waals surface area contributed by atoms with Crippen LogP contribution in [0.2, 0.25) is 0 Å². The second-order valence-electron chi connectivity index (χ2n) is 4.94. The number of rotatable bonds is 5. The standard InChI is InChI=1S/C14H22N2/c1-3-11-8-14(11)16-9-13(15)12-6-4-10(2)5-7-12/h4-7,11,13-14,16H,3,8-9,15H2,1-2H3. The lowest BCUT2D eigenvalue weighted by molar-refractivity contribution is 0.566. The lowest BCUT2D eigenvalue weighted by Gasteiger charge is -2.13. The molecule has 1 aromatic carbocycles. The van der Waals surface area contributed by atoms with E-state index >= 15 is 0 Å². The van der Waals surface area contributed by atoms with Gasteiger partial charge in [0.05, 0.1) is 0 Å². The maximum absolute atomic E-state index is 6.15. The molecule has 2 heteroatoms. The van der Waals surface area contributed by atoms with Gasteiger partial charge in [-0.25, -0.2) is 0 Å². The van der Waals surface area contributed by atoms with Gasteiger partial charge >= 0.3 is 0 Å². The van der Waals surface area contributed by atoms with Crippen molar-refractivity contribution in [1.29, 1.82) is 0 Å². The molecule has 0 radical (unpaired) electrons. The van der Waals surface area contributed by atoms with Crippen molar-refractivity contribution in [3.05, 3.63) is 35.4 Å². The van der Waals surface area contributed by atoms with E-state index in [1.165, 1.54) is 24.0 Å². The summed E-state index contributed by atoms with van der Waals surface area (Å²) in [6, 6.07) is 9.36. The molecule has 0 amide bonds. The van der Waals surface area contributed by atoms with Crippen molar-refractivity contribution in [1.82, 2.24) is 5.32 Å². The zero-order valence-corrected chi connectivity index (χ0v) is 10.2. The van der Waals surface area contributed by atoms with Gasteiger partial charge in [-0.1, -0.05) is 43.2 Å². The first-order valence-electron chi connectivity index (χ1n) is 6.26. The number of hydrogen-bond donors (Lipinski definition) is 2. The zero-order valence-electron chi connectivity index (χ0n) is 10.2. The van der Waals surface area contributed by atoms with Crippen molar-refractivity contribution in [2.45, 2.75) is 38.8 Å². The minimum absolute atomic E-state index is 0.124. The fraction of sp³-hybridized carbons (Fsp3) is 0.571. The third-order valence-corrected chi connectivity index (χ3v) is 3.55. The lowest BCUT2D eigenvalue weighted by atomic mass is 10.1. The molecule has 2 rings (SSSR count). The highest BCUT2D eigenvalue weighted by Crippen LogP contribution is 2.33. The number of benzene rings is 1. The molecule has 2 nitrogen and oxygen atoms in total. The molecule has 0 spiro atoms. The van der Waals surface area contributed by atoms with Crippen molar-refractivity contribution in [3.63, 3.8) is 0 Å². The monoisotopic (exact) mass is 218 g/mol. The van der Waals surface area contributed by atoms with Crippen LogP contribution in [0.3, 0.4) is 0 Å². The van der Waals surface area contributed by atoms with Crippen LogP contribution in [0.15, 0.2) is 24.3 Å². The maximum atomic E-state index is 6.15. The molecule has 3 atom stereocenters. The SMILES string of the molecule is CCC1CC1NCC(N)c1ccc(C)cc1. The summed E-state index contributed by atoms with van der Waals surface area (Å²) in [6.07, 6.45) is 2.62. The van der Waals surface area contributed by atoms with Crippen molar-refractivity contribution in [2.75, 3.05) is 6.54 Å². The molecule has 1 aliphatic rings. The Bertz CT molecular complexity index is 331. The first-order valence-corrected chi connectivity index (χ1v) is 6.26. The van der Waals surface area contributed by atoms with Gasteiger partial charge in [-0.05, 0) is 24.8 Å². The Balaban J connectivity index is 1.79. The lowest BCUT2D eigenvalue weighted by Crippen LogP contribution is -2.29. The smallest absolute Gasteiger partial charge is 0.0421 e. The summed E-state index contributed by atoms with van der Waals surface area (Å²) in [4.78, 5) is 0. The molecule has 88 valence electrons. The quantitative estimate of drug-likeness (QED) is 0.796. The summed E-state index contributed by atoms with van der Waals surface area (Å²) >= 11 is 0. The van der Waals surface area contributed by atoms with Crippen LogP contribution in [0.5, 0.6) is 0 Å². The van der Waals surface area contributed by atoms with E-state index in [9.17, 15) is 0 Å². The van der Waals surface area contributed by atoms with E-state index in [0.717, 1.165) is 18.5 Å². The van der Waals surface area contributed by atoms with E-state index in [4.69, 9.17) is 5.73 Å². The number of hydrogen-bond acceptors (Lipinski definition) is 2. The molecule has 1 saturated carbocycles. The van der Waals surface area contributed by atoms with Gasteiger partial charge in [0.15, 0.2) is 0 Å². The molecule has 0 aliphatic heterocycles. The Labute approximate surface area is 98.2 Å². The van der Waals surface area contributed by atoms with E-state index < -0.39 is 0 Å². The van der Waals surface area contributed by atoms with Crippen LogP contribution < -0.4 is 11.1 Å². The molecule has 1 aliphatic carbocycles. The fourth-order valence-corrected chi connectivity index (χ4v) is 2.16. The van der Waals surface area contributed by atoms with Gasteiger partial charge in [0, 0.05) is 18.6 Å². The number of nitrogens with one attached hydrogen (secondary N) is 1.